The summed E-state index contributed by atoms with van der Waals surface area (Å²) in [6.45, 7) is 0.250. The fraction of sp³-hybridized carbons (Fsp3) is 0.0833. The van der Waals surface area contributed by atoms with Crippen LogP contribution in [0.25, 0.3) is 0 Å². The van der Waals surface area contributed by atoms with Crippen LogP contribution < -0.4 is 15.9 Å². The number of nitrogens with zero attached hydrogens (tertiary/aromatic N) is 4. The van der Waals surface area contributed by atoms with E-state index in [1.807, 2.05) is 36.4 Å². The van der Waals surface area contributed by atoms with Crippen molar-refractivity contribution in [1.82, 2.24) is 14.9 Å². The minimum atomic E-state index is 0.250. The average Bonchev–Trinajstić information content (AvgIpc) is 2.87. The molecule has 2 aromatic rings. The fourth-order valence-corrected chi connectivity index (χ4v) is 2.35. The lowest BCUT2D eigenvalue weighted by molar-refractivity contribution is 0.291. The molecule has 0 saturated carbocycles. The summed E-state index contributed by atoms with van der Waals surface area (Å²) in [4.78, 5) is 0.375. The van der Waals surface area contributed by atoms with Gasteiger partial charge in [0.25, 0.3) is 0 Å². The highest BCUT2D eigenvalue weighted by atomic mass is 32.2. The third-order valence-electron chi connectivity index (χ3n) is 2.58. The zero-order chi connectivity index (χ0) is 13.9. The standard InChI is InChI=1S/C12H10N6OS/c13-6-9-11(14)17-18-10(15-16-12(18)20-9)7-19-8-4-2-1-3-5-8/h1-5,17H,7,14H2. The van der Waals surface area contributed by atoms with Crippen molar-refractivity contribution in [2.45, 2.75) is 11.8 Å². The smallest absolute Gasteiger partial charge is 0.216 e. The molecular formula is C12H10N6OS. The van der Waals surface area contributed by atoms with E-state index in [1.54, 1.807) is 4.68 Å². The first-order valence-corrected chi connectivity index (χ1v) is 6.56. The third-order valence-corrected chi connectivity index (χ3v) is 3.55. The lowest BCUT2D eigenvalue weighted by Gasteiger charge is -2.17. The van der Waals surface area contributed by atoms with E-state index in [4.69, 9.17) is 15.7 Å². The van der Waals surface area contributed by atoms with Crippen LogP contribution in [0.5, 0.6) is 5.75 Å². The predicted molar refractivity (Wildman–Crippen MR) is 72.8 cm³/mol. The maximum absolute atomic E-state index is 8.92. The number of ether oxygens (including phenoxy) is 1. The normalized spacial score (nSPS) is 13.3. The molecule has 2 heterocycles. The number of nitrogens with two attached hydrogens (primary N) is 1. The van der Waals surface area contributed by atoms with E-state index in [1.165, 1.54) is 11.8 Å². The molecule has 0 saturated heterocycles. The first-order chi connectivity index (χ1) is 9.78. The Kier molecular flexibility index (Phi) is 3.18. The Bertz CT molecular complexity index is 702. The van der Waals surface area contributed by atoms with Gasteiger partial charge in [-0.25, -0.2) is 4.68 Å². The molecule has 20 heavy (non-hydrogen) atoms. The number of nitriles is 1. The molecule has 0 bridgehead atoms. The highest BCUT2D eigenvalue weighted by molar-refractivity contribution is 8.03. The molecule has 0 unspecified atom stereocenters. The lowest BCUT2D eigenvalue weighted by atomic mass is 10.3. The Labute approximate surface area is 119 Å². The van der Waals surface area contributed by atoms with Crippen LogP contribution in [0.15, 0.2) is 46.2 Å². The summed E-state index contributed by atoms with van der Waals surface area (Å²) in [6, 6.07) is 11.4. The van der Waals surface area contributed by atoms with Crippen molar-refractivity contribution in [2.24, 2.45) is 5.73 Å². The number of rotatable bonds is 3. The highest BCUT2D eigenvalue weighted by Gasteiger charge is 2.22. The first-order valence-electron chi connectivity index (χ1n) is 5.75. The molecule has 8 heteroatoms. The number of hydrogen-bond acceptors (Lipinski definition) is 7. The zero-order valence-electron chi connectivity index (χ0n) is 10.3. The van der Waals surface area contributed by atoms with Gasteiger partial charge in [-0.05, 0) is 23.9 Å². The predicted octanol–water partition coefficient (Wildman–Crippen LogP) is 1.16. The van der Waals surface area contributed by atoms with Crippen LogP contribution in [0.1, 0.15) is 5.82 Å². The van der Waals surface area contributed by atoms with Gasteiger partial charge in [0, 0.05) is 0 Å². The maximum Gasteiger partial charge on any atom is 0.216 e. The summed E-state index contributed by atoms with van der Waals surface area (Å²) in [7, 11) is 0. The molecule has 3 N–H and O–H groups in total. The minimum absolute atomic E-state index is 0.250. The Hall–Kier alpha value is -2.66. The van der Waals surface area contributed by atoms with Crippen LogP contribution in [0, 0.1) is 11.3 Å². The second-order valence-corrected chi connectivity index (χ2v) is 4.88. The minimum Gasteiger partial charge on any atom is -0.486 e. The maximum atomic E-state index is 8.92. The molecular weight excluding hydrogens is 276 g/mol. The van der Waals surface area contributed by atoms with Gasteiger partial charge in [-0.15, -0.1) is 10.2 Å². The van der Waals surface area contributed by atoms with Crippen molar-refractivity contribution < 1.29 is 4.74 Å². The van der Waals surface area contributed by atoms with E-state index in [0.717, 1.165) is 5.75 Å². The molecule has 1 aliphatic heterocycles. The van der Waals surface area contributed by atoms with Gasteiger partial charge in [0.2, 0.25) is 5.16 Å². The van der Waals surface area contributed by atoms with Gasteiger partial charge in [-0.1, -0.05) is 18.2 Å². The Morgan fingerprint density at radius 2 is 2.15 bits per heavy atom. The van der Waals surface area contributed by atoms with E-state index < -0.39 is 0 Å². The topological polar surface area (TPSA) is 102 Å². The Morgan fingerprint density at radius 3 is 2.90 bits per heavy atom. The summed E-state index contributed by atoms with van der Waals surface area (Å²) in [5.41, 5.74) is 8.62. The zero-order valence-corrected chi connectivity index (χ0v) is 11.1. The van der Waals surface area contributed by atoms with Gasteiger partial charge in [0.05, 0.1) is 0 Å². The van der Waals surface area contributed by atoms with E-state index in [2.05, 4.69) is 15.6 Å². The molecule has 1 aromatic heterocycles. The summed E-state index contributed by atoms with van der Waals surface area (Å²) >= 11 is 1.17. The molecule has 0 atom stereocenters. The quantitative estimate of drug-likeness (QED) is 0.872. The van der Waals surface area contributed by atoms with Crippen LogP contribution in [0.3, 0.4) is 0 Å². The lowest BCUT2D eigenvalue weighted by Crippen LogP contribution is -2.27. The molecule has 0 radical (unpaired) electrons. The Balaban J connectivity index is 1.76. The van der Waals surface area contributed by atoms with E-state index in [0.29, 0.717) is 15.9 Å². The second kappa shape index (κ2) is 5.14. The molecule has 0 spiro atoms. The number of para-hydroxylation sites is 1. The number of nitrogens with one attached hydrogen (secondary N) is 1. The molecule has 1 aromatic carbocycles. The molecule has 7 nitrogen and oxygen atoms in total. The summed E-state index contributed by atoms with van der Waals surface area (Å²) < 4.78 is 7.23. The van der Waals surface area contributed by atoms with Crippen LogP contribution in [-0.4, -0.2) is 14.9 Å². The monoisotopic (exact) mass is 286 g/mol. The number of hydrogen-bond donors (Lipinski definition) is 2. The fourth-order valence-electron chi connectivity index (χ4n) is 1.64. The van der Waals surface area contributed by atoms with Crippen molar-refractivity contribution in [3.63, 3.8) is 0 Å². The van der Waals surface area contributed by atoms with Crippen LogP contribution in [0.4, 0.5) is 0 Å². The average molecular weight is 286 g/mol. The molecule has 100 valence electrons. The van der Waals surface area contributed by atoms with Crippen molar-refractivity contribution >= 4 is 11.8 Å². The van der Waals surface area contributed by atoms with Gasteiger partial charge >= 0.3 is 0 Å². The molecule has 0 aliphatic carbocycles. The number of fused-ring (bicyclic) bond motifs is 1. The summed E-state index contributed by atoms with van der Waals surface area (Å²) in [5, 5.41) is 17.5. The van der Waals surface area contributed by atoms with Gasteiger partial charge in [0.15, 0.2) is 5.82 Å². The van der Waals surface area contributed by atoms with Crippen LogP contribution in [-0.2, 0) is 6.61 Å². The van der Waals surface area contributed by atoms with E-state index in [-0.39, 0.29) is 12.4 Å². The summed E-state index contributed by atoms with van der Waals surface area (Å²) in [5.74, 6) is 1.61. The van der Waals surface area contributed by atoms with Gasteiger partial charge in [-0.2, -0.15) is 5.26 Å². The first kappa shape index (κ1) is 12.4. The van der Waals surface area contributed by atoms with Gasteiger partial charge in [-0.3, -0.25) is 5.43 Å². The SMILES string of the molecule is N#CC1=C(N)Nn2c(COc3ccccc3)nnc2S1. The third kappa shape index (κ3) is 2.26. The van der Waals surface area contributed by atoms with Crippen molar-refractivity contribution in [1.29, 1.82) is 5.26 Å². The molecule has 0 fully saturated rings. The number of benzene rings is 1. The number of thioether (sulfide) groups is 1. The number of allylic oxidation sites excluding steroid dienone is 1. The van der Waals surface area contributed by atoms with Gasteiger partial charge < -0.3 is 10.5 Å². The second-order valence-electron chi connectivity index (χ2n) is 3.90. The van der Waals surface area contributed by atoms with Crippen LogP contribution >= 0.6 is 11.8 Å². The van der Waals surface area contributed by atoms with E-state index >= 15 is 0 Å². The molecule has 1 aliphatic rings. The molecule has 3 rings (SSSR count). The Morgan fingerprint density at radius 1 is 1.35 bits per heavy atom. The highest BCUT2D eigenvalue weighted by Crippen LogP contribution is 2.29. The van der Waals surface area contributed by atoms with Crippen molar-refractivity contribution in [2.75, 3.05) is 5.43 Å². The number of aromatic nitrogens is 3. The largest absolute Gasteiger partial charge is 0.486 e. The summed E-state index contributed by atoms with van der Waals surface area (Å²) in [6.07, 6.45) is 0. The van der Waals surface area contributed by atoms with Crippen LogP contribution in [0.2, 0.25) is 0 Å². The molecule has 0 amide bonds. The van der Waals surface area contributed by atoms with Crippen molar-refractivity contribution in [3.05, 3.63) is 46.9 Å². The van der Waals surface area contributed by atoms with Crippen molar-refractivity contribution in [3.8, 4) is 11.8 Å². The van der Waals surface area contributed by atoms with E-state index in [9.17, 15) is 0 Å². The van der Waals surface area contributed by atoms with Gasteiger partial charge in [0.1, 0.15) is 29.2 Å².